The van der Waals surface area contributed by atoms with Crippen molar-refractivity contribution in [3.05, 3.63) is 33.1 Å². The Morgan fingerprint density at radius 3 is 2.54 bits per heavy atom. The van der Waals surface area contributed by atoms with Crippen LogP contribution >= 0.6 is 39.9 Å². The second kappa shape index (κ2) is 8.23. The van der Waals surface area contributed by atoms with Gasteiger partial charge in [-0.05, 0) is 31.5 Å². The van der Waals surface area contributed by atoms with Crippen molar-refractivity contribution in [1.82, 2.24) is 4.90 Å². The number of anilines is 1. The van der Waals surface area contributed by atoms with Gasteiger partial charge in [-0.3, -0.25) is 14.5 Å². The van der Waals surface area contributed by atoms with Crippen molar-refractivity contribution in [2.24, 2.45) is 0 Å². The third kappa shape index (κ3) is 3.49. The molecule has 138 valence electrons. The number of likely N-dealkylation sites (N-methyl/N-ethyl adjacent to an activating group) is 1. The van der Waals surface area contributed by atoms with Crippen LogP contribution in [0.25, 0.3) is 5.57 Å². The van der Waals surface area contributed by atoms with Crippen LogP contribution in [-0.2, 0) is 9.59 Å². The van der Waals surface area contributed by atoms with E-state index in [0.29, 0.717) is 27.9 Å². The van der Waals surface area contributed by atoms with Crippen molar-refractivity contribution in [3.63, 3.8) is 0 Å². The van der Waals surface area contributed by atoms with E-state index in [1.165, 1.54) is 11.8 Å². The molecular weight excluding hydrogens is 432 g/mol. The number of amides is 2. The standard InChI is InChI=1S/C19H21BrN2O2S2/c1-3-5-6-7-10-22-18(24)16(26-19(22)25)15-13-11-12(20)8-9-14(13)21(4-2)17(15)23/h8-9,11H,3-7,10H2,1-2H3. The van der Waals surface area contributed by atoms with Gasteiger partial charge in [-0.25, -0.2) is 0 Å². The number of hydrogen-bond acceptors (Lipinski definition) is 4. The number of nitrogens with zero attached hydrogens (tertiary/aromatic N) is 2. The Balaban J connectivity index is 1.95. The number of thioether (sulfide) groups is 1. The Labute approximate surface area is 172 Å². The molecule has 4 nitrogen and oxygen atoms in total. The van der Waals surface area contributed by atoms with E-state index in [0.717, 1.165) is 41.4 Å². The highest BCUT2D eigenvalue weighted by atomic mass is 79.9. The van der Waals surface area contributed by atoms with Crippen LogP contribution in [0.15, 0.2) is 27.6 Å². The predicted molar refractivity (Wildman–Crippen MR) is 115 cm³/mol. The van der Waals surface area contributed by atoms with Crippen LogP contribution < -0.4 is 4.90 Å². The molecule has 1 aromatic carbocycles. The molecule has 2 heterocycles. The van der Waals surface area contributed by atoms with Crippen LogP contribution in [0.4, 0.5) is 5.69 Å². The smallest absolute Gasteiger partial charge is 0.267 e. The molecule has 1 aromatic rings. The Bertz CT molecular complexity index is 807. The zero-order valence-corrected chi connectivity index (χ0v) is 18.1. The summed E-state index contributed by atoms with van der Waals surface area (Å²) in [5, 5.41) is 0. The van der Waals surface area contributed by atoms with Crippen LogP contribution in [0.2, 0.25) is 0 Å². The average Bonchev–Trinajstić information content (AvgIpc) is 3.04. The fourth-order valence-electron chi connectivity index (χ4n) is 3.28. The monoisotopic (exact) mass is 452 g/mol. The van der Waals surface area contributed by atoms with Crippen molar-refractivity contribution in [1.29, 1.82) is 0 Å². The summed E-state index contributed by atoms with van der Waals surface area (Å²) >= 11 is 10.2. The van der Waals surface area contributed by atoms with Gasteiger partial charge in [-0.2, -0.15) is 0 Å². The Hall–Kier alpha value is -1.18. The average molecular weight is 453 g/mol. The maximum absolute atomic E-state index is 13.0. The third-order valence-electron chi connectivity index (χ3n) is 4.61. The minimum Gasteiger partial charge on any atom is -0.308 e. The van der Waals surface area contributed by atoms with Gasteiger partial charge in [0, 0.05) is 23.1 Å². The van der Waals surface area contributed by atoms with Gasteiger partial charge in [0.2, 0.25) is 0 Å². The number of thiocarbonyl (C=S) groups is 1. The number of halogens is 1. The lowest BCUT2D eigenvalue weighted by Crippen LogP contribution is -2.30. The lowest BCUT2D eigenvalue weighted by molar-refractivity contribution is -0.122. The minimum absolute atomic E-state index is 0.118. The highest BCUT2D eigenvalue weighted by Crippen LogP contribution is 2.45. The van der Waals surface area contributed by atoms with E-state index in [1.807, 2.05) is 25.1 Å². The molecule has 2 aliphatic rings. The molecule has 0 aromatic heterocycles. The van der Waals surface area contributed by atoms with Gasteiger partial charge in [0.25, 0.3) is 11.8 Å². The Kier molecular flexibility index (Phi) is 6.20. The molecule has 0 radical (unpaired) electrons. The maximum Gasteiger partial charge on any atom is 0.267 e. The normalized spacial score (nSPS) is 19.7. The molecule has 0 unspecified atom stereocenters. The number of carbonyl (C=O) groups excluding carboxylic acids is 2. The van der Waals surface area contributed by atoms with Crippen molar-refractivity contribution in [2.45, 2.75) is 39.5 Å². The minimum atomic E-state index is -0.135. The Morgan fingerprint density at radius 1 is 1.08 bits per heavy atom. The summed E-state index contributed by atoms with van der Waals surface area (Å²) in [6.45, 7) is 5.28. The van der Waals surface area contributed by atoms with Gasteiger partial charge in [0.15, 0.2) is 0 Å². The Morgan fingerprint density at radius 2 is 1.85 bits per heavy atom. The summed E-state index contributed by atoms with van der Waals surface area (Å²) in [4.78, 5) is 29.8. The van der Waals surface area contributed by atoms with E-state index < -0.39 is 0 Å². The lowest BCUT2D eigenvalue weighted by atomic mass is 10.1. The van der Waals surface area contributed by atoms with Crippen LogP contribution in [0.1, 0.15) is 45.1 Å². The van der Waals surface area contributed by atoms with Crippen molar-refractivity contribution in [2.75, 3.05) is 18.0 Å². The SMILES string of the molecule is CCCCCCN1C(=O)C(=C2C(=O)N(CC)c3ccc(Br)cc32)SC1=S. The molecule has 2 aliphatic heterocycles. The number of unbranched alkanes of at least 4 members (excludes halogenated alkanes) is 3. The zero-order valence-electron chi connectivity index (χ0n) is 14.9. The fourth-order valence-corrected chi connectivity index (χ4v) is 5.02. The topological polar surface area (TPSA) is 40.6 Å². The van der Waals surface area contributed by atoms with E-state index in [4.69, 9.17) is 12.2 Å². The molecule has 7 heteroatoms. The number of rotatable bonds is 6. The predicted octanol–water partition coefficient (Wildman–Crippen LogP) is 4.97. The quantitative estimate of drug-likeness (QED) is 0.347. The lowest BCUT2D eigenvalue weighted by Gasteiger charge is -2.14. The summed E-state index contributed by atoms with van der Waals surface area (Å²) in [5.74, 6) is -0.254. The molecule has 2 amide bonds. The summed E-state index contributed by atoms with van der Waals surface area (Å²) in [6, 6.07) is 5.74. The van der Waals surface area contributed by atoms with E-state index in [-0.39, 0.29) is 11.8 Å². The molecule has 0 saturated carbocycles. The van der Waals surface area contributed by atoms with E-state index in [9.17, 15) is 9.59 Å². The van der Waals surface area contributed by atoms with Gasteiger partial charge in [0.05, 0.1) is 16.2 Å². The van der Waals surface area contributed by atoms with E-state index >= 15 is 0 Å². The first-order valence-electron chi connectivity index (χ1n) is 8.89. The summed E-state index contributed by atoms with van der Waals surface area (Å²) in [7, 11) is 0. The van der Waals surface area contributed by atoms with Crippen LogP contribution in [-0.4, -0.2) is 34.1 Å². The van der Waals surface area contributed by atoms with Crippen LogP contribution in [0, 0.1) is 0 Å². The van der Waals surface area contributed by atoms with Gasteiger partial charge < -0.3 is 4.90 Å². The number of hydrogen-bond donors (Lipinski definition) is 0. The van der Waals surface area contributed by atoms with Crippen LogP contribution in [0.3, 0.4) is 0 Å². The molecule has 0 atom stereocenters. The second-order valence-electron chi connectivity index (χ2n) is 6.30. The van der Waals surface area contributed by atoms with Crippen molar-refractivity contribution in [3.8, 4) is 0 Å². The van der Waals surface area contributed by atoms with Gasteiger partial charge in [-0.1, -0.05) is 66.1 Å². The maximum atomic E-state index is 13.0. The van der Waals surface area contributed by atoms with Crippen molar-refractivity contribution < 1.29 is 9.59 Å². The first-order chi connectivity index (χ1) is 12.5. The van der Waals surface area contributed by atoms with Gasteiger partial charge in [-0.15, -0.1) is 0 Å². The zero-order chi connectivity index (χ0) is 18.8. The van der Waals surface area contributed by atoms with Gasteiger partial charge >= 0.3 is 0 Å². The third-order valence-corrected chi connectivity index (χ3v) is 6.55. The van der Waals surface area contributed by atoms with Gasteiger partial charge in [0.1, 0.15) is 4.32 Å². The highest BCUT2D eigenvalue weighted by molar-refractivity contribution is 9.10. The van der Waals surface area contributed by atoms with Crippen molar-refractivity contribution >= 4 is 67.3 Å². The largest absolute Gasteiger partial charge is 0.308 e. The molecule has 3 rings (SSSR count). The fraction of sp³-hybridized carbons (Fsp3) is 0.421. The molecule has 0 aliphatic carbocycles. The number of fused-ring (bicyclic) bond motifs is 1. The van der Waals surface area contributed by atoms with E-state index in [2.05, 4.69) is 22.9 Å². The summed E-state index contributed by atoms with van der Waals surface area (Å²) in [5.41, 5.74) is 2.14. The molecule has 26 heavy (non-hydrogen) atoms. The molecule has 0 bridgehead atoms. The number of benzene rings is 1. The molecule has 1 fully saturated rings. The highest BCUT2D eigenvalue weighted by Gasteiger charge is 2.41. The first kappa shape index (κ1) is 19.6. The first-order valence-corrected chi connectivity index (χ1v) is 10.9. The summed E-state index contributed by atoms with van der Waals surface area (Å²) in [6.07, 6.45) is 4.31. The molecule has 0 spiro atoms. The molecular formula is C19H21BrN2O2S2. The second-order valence-corrected chi connectivity index (χ2v) is 8.86. The number of carbonyl (C=O) groups is 2. The van der Waals surface area contributed by atoms with E-state index in [1.54, 1.807) is 9.80 Å². The molecule has 0 N–H and O–H groups in total. The summed E-state index contributed by atoms with van der Waals surface area (Å²) < 4.78 is 1.43. The molecule has 1 saturated heterocycles. The van der Waals surface area contributed by atoms with Crippen LogP contribution in [0.5, 0.6) is 0 Å².